The molecular weight excluding hydrogens is 206 g/mol. The average Bonchev–Trinajstić information content (AvgIpc) is 2.76. The van der Waals surface area contributed by atoms with Crippen LogP contribution in [0.2, 0.25) is 0 Å². The van der Waals surface area contributed by atoms with Crippen molar-refractivity contribution in [2.24, 2.45) is 0 Å². The minimum absolute atomic E-state index is 0.178. The van der Waals surface area contributed by atoms with E-state index < -0.39 is 0 Å². The Labute approximate surface area is 95.3 Å². The molecule has 2 nitrogen and oxygen atoms in total. The molecule has 0 fully saturated rings. The topological polar surface area (TPSA) is 32.3 Å². The van der Waals surface area contributed by atoms with E-state index in [9.17, 15) is 0 Å². The van der Waals surface area contributed by atoms with E-state index in [-0.39, 0.29) is 12.6 Å². The highest BCUT2D eigenvalue weighted by Crippen LogP contribution is 2.33. The first kappa shape index (κ1) is 11.1. The van der Waals surface area contributed by atoms with Crippen LogP contribution in [-0.2, 0) is 12.8 Å². The molecule has 0 aromatic carbocycles. The van der Waals surface area contributed by atoms with E-state index in [0.29, 0.717) is 6.04 Å². The summed E-state index contributed by atoms with van der Waals surface area (Å²) >= 11 is 1.94. The normalized spacial score (nSPS) is 18.9. The number of aliphatic hydroxyl groups excluding tert-OH is 1. The van der Waals surface area contributed by atoms with Crippen LogP contribution < -0.4 is 5.32 Å². The Morgan fingerprint density at radius 1 is 1.47 bits per heavy atom. The van der Waals surface area contributed by atoms with E-state index in [1.54, 1.807) is 10.4 Å². The lowest BCUT2D eigenvalue weighted by Gasteiger charge is -2.16. The third kappa shape index (κ3) is 2.41. The number of thiophene rings is 1. The molecule has 0 radical (unpaired) electrons. The zero-order valence-corrected chi connectivity index (χ0v) is 10.2. The monoisotopic (exact) mass is 225 g/mol. The number of aryl methyl sites for hydroxylation is 2. The fourth-order valence-corrected chi connectivity index (χ4v) is 3.40. The molecule has 0 saturated carbocycles. The zero-order chi connectivity index (χ0) is 10.8. The van der Waals surface area contributed by atoms with Crippen molar-refractivity contribution < 1.29 is 5.11 Å². The SMILES string of the molecule is CC(CO)NC(C)c1cc2c(s1)CCC2. The molecule has 1 aromatic rings. The van der Waals surface area contributed by atoms with Crippen molar-refractivity contribution in [3.63, 3.8) is 0 Å². The summed E-state index contributed by atoms with van der Waals surface area (Å²) < 4.78 is 0. The van der Waals surface area contributed by atoms with Gasteiger partial charge in [-0.15, -0.1) is 11.3 Å². The maximum absolute atomic E-state index is 8.99. The van der Waals surface area contributed by atoms with Crippen LogP contribution in [0.15, 0.2) is 6.07 Å². The lowest BCUT2D eigenvalue weighted by molar-refractivity contribution is 0.243. The van der Waals surface area contributed by atoms with Crippen LogP contribution in [0.3, 0.4) is 0 Å². The van der Waals surface area contributed by atoms with Gasteiger partial charge >= 0.3 is 0 Å². The molecule has 15 heavy (non-hydrogen) atoms. The van der Waals surface area contributed by atoms with Gasteiger partial charge in [-0.2, -0.15) is 0 Å². The van der Waals surface area contributed by atoms with Gasteiger partial charge in [-0.1, -0.05) is 0 Å². The summed E-state index contributed by atoms with van der Waals surface area (Å²) in [6, 6.07) is 2.88. The second-order valence-electron chi connectivity index (χ2n) is 4.42. The first-order chi connectivity index (χ1) is 7.20. The molecule has 1 aromatic heterocycles. The molecule has 0 saturated heterocycles. The van der Waals surface area contributed by atoms with Gasteiger partial charge in [-0.25, -0.2) is 0 Å². The molecule has 1 heterocycles. The molecule has 2 atom stereocenters. The maximum Gasteiger partial charge on any atom is 0.0582 e. The Bertz CT molecular complexity index is 313. The fourth-order valence-electron chi connectivity index (χ4n) is 2.13. The summed E-state index contributed by atoms with van der Waals surface area (Å²) in [7, 11) is 0. The Morgan fingerprint density at radius 3 is 2.93 bits per heavy atom. The molecule has 2 N–H and O–H groups in total. The number of rotatable bonds is 4. The average molecular weight is 225 g/mol. The van der Waals surface area contributed by atoms with Crippen molar-refractivity contribution in [3.05, 3.63) is 21.4 Å². The lowest BCUT2D eigenvalue weighted by Crippen LogP contribution is -2.31. The molecule has 0 bridgehead atoms. The molecular formula is C12H19NOS. The quantitative estimate of drug-likeness (QED) is 0.824. The van der Waals surface area contributed by atoms with Crippen molar-refractivity contribution in [1.29, 1.82) is 0 Å². The van der Waals surface area contributed by atoms with Gasteiger partial charge in [0.05, 0.1) is 6.61 Å². The first-order valence-corrected chi connectivity index (χ1v) is 6.50. The molecule has 3 heteroatoms. The number of hydrogen-bond acceptors (Lipinski definition) is 3. The van der Waals surface area contributed by atoms with Crippen molar-refractivity contribution in [1.82, 2.24) is 5.32 Å². The van der Waals surface area contributed by atoms with Crippen molar-refractivity contribution in [2.45, 2.75) is 45.2 Å². The van der Waals surface area contributed by atoms with Gasteiger partial charge in [-0.05, 0) is 44.7 Å². The highest BCUT2D eigenvalue weighted by atomic mass is 32.1. The van der Waals surface area contributed by atoms with Gasteiger partial charge in [0, 0.05) is 21.8 Å². The van der Waals surface area contributed by atoms with E-state index >= 15 is 0 Å². The highest BCUT2D eigenvalue weighted by Gasteiger charge is 2.18. The molecule has 84 valence electrons. The van der Waals surface area contributed by atoms with Gasteiger partial charge in [0.15, 0.2) is 0 Å². The van der Waals surface area contributed by atoms with E-state index in [4.69, 9.17) is 5.11 Å². The van der Waals surface area contributed by atoms with Crippen LogP contribution in [-0.4, -0.2) is 17.8 Å². The molecule has 2 unspecified atom stereocenters. The minimum atomic E-state index is 0.178. The van der Waals surface area contributed by atoms with Crippen LogP contribution in [0.25, 0.3) is 0 Å². The van der Waals surface area contributed by atoms with E-state index in [2.05, 4.69) is 18.3 Å². The second kappa shape index (κ2) is 4.64. The smallest absolute Gasteiger partial charge is 0.0582 e. The van der Waals surface area contributed by atoms with Gasteiger partial charge in [0.25, 0.3) is 0 Å². The summed E-state index contributed by atoms with van der Waals surface area (Å²) in [5.74, 6) is 0. The Kier molecular flexibility index (Phi) is 3.44. The van der Waals surface area contributed by atoms with Crippen LogP contribution in [0.5, 0.6) is 0 Å². The van der Waals surface area contributed by atoms with Gasteiger partial charge in [0.2, 0.25) is 0 Å². The molecule has 2 rings (SSSR count). The number of fused-ring (bicyclic) bond motifs is 1. The zero-order valence-electron chi connectivity index (χ0n) is 9.42. The third-order valence-electron chi connectivity index (χ3n) is 3.00. The second-order valence-corrected chi connectivity index (χ2v) is 5.59. The summed E-state index contributed by atoms with van der Waals surface area (Å²) in [6.45, 7) is 4.39. The molecule has 1 aliphatic rings. The predicted molar refractivity (Wildman–Crippen MR) is 64.4 cm³/mol. The molecule has 1 aliphatic carbocycles. The van der Waals surface area contributed by atoms with Crippen LogP contribution >= 0.6 is 11.3 Å². The Hall–Kier alpha value is -0.380. The van der Waals surface area contributed by atoms with Gasteiger partial charge < -0.3 is 10.4 Å². The number of hydrogen-bond donors (Lipinski definition) is 2. The van der Waals surface area contributed by atoms with Crippen molar-refractivity contribution in [2.75, 3.05) is 6.61 Å². The predicted octanol–water partition coefficient (Wildman–Crippen LogP) is 2.27. The number of aliphatic hydroxyl groups is 1. The van der Waals surface area contributed by atoms with Gasteiger partial charge in [0.1, 0.15) is 0 Å². The summed E-state index contributed by atoms with van der Waals surface area (Å²) in [5.41, 5.74) is 1.56. The molecule has 0 amide bonds. The summed E-state index contributed by atoms with van der Waals surface area (Å²) in [5, 5.41) is 12.4. The fraction of sp³-hybridized carbons (Fsp3) is 0.667. The van der Waals surface area contributed by atoms with Gasteiger partial charge in [-0.3, -0.25) is 0 Å². The Balaban J connectivity index is 2.03. The van der Waals surface area contributed by atoms with E-state index in [1.165, 1.54) is 24.1 Å². The highest BCUT2D eigenvalue weighted by molar-refractivity contribution is 7.12. The first-order valence-electron chi connectivity index (χ1n) is 5.69. The van der Waals surface area contributed by atoms with Crippen LogP contribution in [0.4, 0.5) is 0 Å². The molecule has 0 spiro atoms. The van der Waals surface area contributed by atoms with E-state index in [1.807, 2.05) is 18.3 Å². The standard InChI is InChI=1S/C12H19NOS/c1-8(7-14)13-9(2)12-6-10-4-3-5-11(10)15-12/h6,8-9,13-14H,3-5,7H2,1-2H3. The summed E-state index contributed by atoms with van der Waals surface area (Å²) in [4.78, 5) is 3.00. The van der Waals surface area contributed by atoms with E-state index in [0.717, 1.165) is 0 Å². The van der Waals surface area contributed by atoms with Crippen LogP contribution in [0, 0.1) is 0 Å². The maximum atomic E-state index is 8.99. The van der Waals surface area contributed by atoms with Crippen molar-refractivity contribution >= 4 is 11.3 Å². The van der Waals surface area contributed by atoms with Crippen molar-refractivity contribution in [3.8, 4) is 0 Å². The number of nitrogens with one attached hydrogen (secondary N) is 1. The molecule has 0 aliphatic heterocycles. The summed E-state index contributed by atoms with van der Waals surface area (Å²) in [6.07, 6.45) is 3.85. The third-order valence-corrected chi connectivity index (χ3v) is 4.42. The Morgan fingerprint density at radius 2 is 2.27 bits per heavy atom. The largest absolute Gasteiger partial charge is 0.395 e. The minimum Gasteiger partial charge on any atom is -0.395 e. The van der Waals surface area contributed by atoms with Crippen LogP contribution in [0.1, 0.15) is 41.6 Å². The lowest BCUT2D eigenvalue weighted by atomic mass is 10.2.